The van der Waals surface area contributed by atoms with E-state index in [0.717, 1.165) is 5.56 Å². The van der Waals surface area contributed by atoms with Crippen molar-refractivity contribution in [2.75, 3.05) is 7.11 Å². The fourth-order valence-electron chi connectivity index (χ4n) is 1.30. The van der Waals surface area contributed by atoms with Crippen molar-refractivity contribution < 1.29 is 14.9 Å². The van der Waals surface area contributed by atoms with Gasteiger partial charge in [-0.2, -0.15) is 0 Å². The van der Waals surface area contributed by atoms with Crippen molar-refractivity contribution in [3.63, 3.8) is 0 Å². The van der Waals surface area contributed by atoms with Crippen LogP contribution >= 0.6 is 11.6 Å². The second-order valence-electron chi connectivity index (χ2n) is 3.52. The smallest absolute Gasteiger partial charge is 0.176 e. The molecule has 15 heavy (non-hydrogen) atoms. The number of phenols is 1. The zero-order chi connectivity index (χ0) is 11.4. The molecule has 1 rings (SSSR count). The van der Waals surface area contributed by atoms with Crippen molar-refractivity contribution in [3.05, 3.63) is 22.7 Å². The number of hydrogen-bond acceptors (Lipinski definition) is 3. The molecular formula is C11H15ClO3. The highest BCUT2D eigenvalue weighted by Gasteiger charge is 2.09. The summed E-state index contributed by atoms with van der Waals surface area (Å²) in [6, 6.07) is 3.41. The number of ether oxygens (including phenoxy) is 1. The SMILES string of the molecule is COc1cc(CCC(C)O)cc(Cl)c1O. The Hall–Kier alpha value is -0.930. The number of aliphatic hydroxyl groups is 1. The second kappa shape index (κ2) is 5.24. The minimum absolute atomic E-state index is 0.0417. The molecule has 0 aliphatic heterocycles. The van der Waals surface area contributed by atoms with Crippen molar-refractivity contribution in [2.24, 2.45) is 0 Å². The number of rotatable bonds is 4. The highest BCUT2D eigenvalue weighted by atomic mass is 35.5. The molecule has 0 aliphatic rings. The molecule has 1 aromatic rings. The summed E-state index contributed by atoms with van der Waals surface area (Å²) >= 11 is 5.82. The molecule has 4 heteroatoms. The van der Waals surface area contributed by atoms with Crippen molar-refractivity contribution in [1.29, 1.82) is 0 Å². The second-order valence-corrected chi connectivity index (χ2v) is 3.92. The molecule has 3 nitrogen and oxygen atoms in total. The average Bonchev–Trinajstić information content (AvgIpc) is 2.19. The van der Waals surface area contributed by atoms with Crippen LogP contribution in [0.25, 0.3) is 0 Å². The Bertz CT molecular complexity index is 337. The number of halogens is 1. The Kier molecular flexibility index (Phi) is 4.24. The normalized spacial score (nSPS) is 12.5. The van der Waals surface area contributed by atoms with Crippen LogP contribution in [0.2, 0.25) is 5.02 Å². The van der Waals surface area contributed by atoms with Crippen LogP contribution in [0, 0.1) is 0 Å². The van der Waals surface area contributed by atoms with Crippen LogP contribution < -0.4 is 4.74 Å². The first-order valence-corrected chi connectivity index (χ1v) is 5.15. The van der Waals surface area contributed by atoms with Crippen LogP contribution in [0.15, 0.2) is 12.1 Å². The molecule has 2 N–H and O–H groups in total. The third kappa shape index (κ3) is 3.29. The van der Waals surface area contributed by atoms with Gasteiger partial charge in [0.2, 0.25) is 0 Å². The number of hydrogen-bond donors (Lipinski definition) is 2. The molecule has 0 bridgehead atoms. The van der Waals surface area contributed by atoms with Gasteiger partial charge in [0.15, 0.2) is 11.5 Å². The van der Waals surface area contributed by atoms with Crippen molar-refractivity contribution >= 4 is 11.6 Å². The number of aromatic hydroxyl groups is 1. The fourth-order valence-corrected chi connectivity index (χ4v) is 1.54. The molecule has 0 amide bonds. The van der Waals surface area contributed by atoms with E-state index in [2.05, 4.69) is 0 Å². The van der Waals surface area contributed by atoms with E-state index in [4.69, 9.17) is 21.4 Å². The molecule has 0 aromatic heterocycles. The van der Waals surface area contributed by atoms with Crippen molar-refractivity contribution in [1.82, 2.24) is 0 Å². The summed E-state index contributed by atoms with van der Waals surface area (Å²) in [5.74, 6) is 0.322. The minimum Gasteiger partial charge on any atom is -0.503 e. The van der Waals surface area contributed by atoms with Gasteiger partial charge in [0.1, 0.15) is 0 Å². The van der Waals surface area contributed by atoms with Crippen LogP contribution in [0.5, 0.6) is 11.5 Å². The number of aryl methyl sites for hydroxylation is 1. The van der Waals surface area contributed by atoms with Gasteiger partial charge < -0.3 is 14.9 Å². The molecule has 0 fully saturated rings. The summed E-state index contributed by atoms with van der Waals surface area (Å²) < 4.78 is 4.98. The molecule has 1 aromatic carbocycles. The first kappa shape index (κ1) is 12.1. The lowest BCUT2D eigenvalue weighted by molar-refractivity contribution is 0.185. The summed E-state index contributed by atoms with van der Waals surface area (Å²) in [6.45, 7) is 1.74. The molecule has 0 radical (unpaired) electrons. The summed E-state index contributed by atoms with van der Waals surface area (Å²) in [7, 11) is 1.48. The van der Waals surface area contributed by atoms with E-state index in [9.17, 15) is 5.11 Å². The van der Waals surface area contributed by atoms with Crippen LogP contribution in [0.3, 0.4) is 0 Å². The van der Waals surface area contributed by atoms with Gasteiger partial charge in [-0.1, -0.05) is 11.6 Å². The van der Waals surface area contributed by atoms with Crippen LogP contribution in [-0.4, -0.2) is 23.4 Å². The molecule has 1 atom stereocenters. The predicted molar refractivity (Wildman–Crippen MR) is 59.7 cm³/mol. The largest absolute Gasteiger partial charge is 0.503 e. The zero-order valence-electron chi connectivity index (χ0n) is 8.83. The number of methoxy groups -OCH3 is 1. The van der Waals surface area contributed by atoms with Gasteiger partial charge in [0, 0.05) is 0 Å². The molecule has 0 saturated heterocycles. The van der Waals surface area contributed by atoms with E-state index in [-0.39, 0.29) is 16.9 Å². The topological polar surface area (TPSA) is 49.7 Å². The summed E-state index contributed by atoms with van der Waals surface area (Å²) in [5, 5.41) is 18.9. The lowest BCUT2D eigenvalue weighted by atomic mass is 10.1. The van der Waals surface area contributed by atoms with E-state index in [1.165, 1.54) is 7.11 Å². The maximum absolute atomic E-state index is 9.49. The predicted octanol–water partition coefficient (Wildman–Crippen LogP) is 2.37. The maximum Gasteiger partial charge on any atom is 0.176 e. The lowest BCUT2D eigenvalue weighted by Crippen LogP contribution is -2.01. The molecule has 84 valence electrons. The van der Waals surface area contributed by atoms with E-state index in [0.29, 0.717) is 18.6 Å². The number of phenolic OH excluding ortho intramolecular Hbond substituents is 1. The monoisotopic (exact) mass is 230 g/mol. The van der Waals surface area contributed by atoms with Crippen LogP contribution in [0.4, 0.5) is 0 Å². The first-order chi connectivity index (χ1) is 7.04. The van der Waals surface area contributed by atoms with Gasteiger partial charge in [-0.3, -0.25) is 0 Å². The Morgan fingerprint density at radius 2 is 2.13 bits per heavy atom. The van der Waals surface area contributed by atoms with Crippen molar-refractivity contribution in [2.45, 2.75) is 25.9 Å². The van der Waals surface area contributed by atoms with E-state index in [1.807, 2.05) is 0 Å². The van der Waals surface area contributed by atoms with Crippen molar-refractivity contribution in [3.8, 4) is 11.5 Å². The van der Waals surface area contributed by atoms with Gasteiger partial charge in [0.05, 0.1) is 18.2 Å². The van der Waals surface area contributed by atoms with E-state index >= 15 is 0 Å². The first-order valence-electron chi connectivity index (χ1n) is 4.78. The molecule has 0 heterocycles. The van der Waals surface area contributed by atoms with E-state index in [1.54, 1.807) is 19.1 Å². The highest BCUT2D eigenvalue weighted by Crippen LogP contribution is 2.35. The molecule has 0 saturated carbocycles. The summed E-state index contributed by atoms with van der Waals surface area (Å²) in [6.07, 6.45) is 1.02. The standard InChI is InChI=1S/C11H15ClO3/c1-7(13)3-4-8-5-9(12)11(14)10(6-8)15-2/h5-7,13-14H,3-4H2,1-2H3. The molecule has 1 unspecified atom stereocenters. The fraction of sp³-hybridized carbons (Fsp3) is 0.455. The van der Waals surface area contributed by atoms with Crippen LogP contribution in [0.1, 0.15) is 18.9 Å². The maximum atomic E-state index is 9.49. The number of benzene rings is 1. The third-order valence-corrected chi connectivity index (χ3v) is 2.45. The quantitative estimate of drug-likeness (QED) is 0.835. The van der Waals surface area contributed by atoms with Gasteiger partial charge >= 0.3 is 0 Å². The third-order valence-electron chi connectivity index (χ3n) is 2.16. The molecule has 0 aliphatic carbocycles. The highest BCUT2D eigenvalue weighted by molar-refractivity contribution is 6.32. The van der Waals surface area contributed by atoms with Gasteiger partial charge in [-0.25, -0.2) is 0 Å². The number of aliphatic hydroxyl groups excluding tert-OH is 1. The molecular weight excluding hydrogens is 216 g/mol. The van der Waals surface area contributed by atoms with Gasteiger partial charge in [-0.15, -0.1) is 0 Å². The Morgan fingerprint density at radius 3 is 2.67 bits per heavy atom. The lowest BCUT2D eigenvalue weighted by Gasteiger charge is -2.09. The Labute approximate surface area is 94.3 Å². The van der Waals surface area contributed by atoms with Gasteiger partial charge in [-0.05, 0) is 37.5 Å². The molecule has 0 spiro atoms. The average molecular weight is 231 g/mol. The van der Waals surface area contributed by atoms with E-state index < -0.39 is 0 Å². The Morgan fingerprint density at radius 1 is 1.47 bits per heavy atom. The Balaban J connectivity index is 2.86. The van der Waals surface area contributed by atoms with Gasteiger partial charge in [0.25, 0.3) is 0 Å². The van der Waals surface area contributed by atoms with Crippen LogP contribution in [-0.2, 0) is 6.42 Å². The zero-order valence-corrected chi connectivity index (χ0v) is 9.58. The summed E-state index contributed by atoms with van der Waals surface area (Å²) in [5.41, 5.74) is 0.940. The summed E-state index contributed by atoms with van der Waals surface area (Å²) in [4.78, 5) is 0. The minimum atomic E-state index is -0.344.